The summed E-state index contributed by atoms with van der Waals surface area (Å²) in [6.07, 6.45) is 1.23. The summed E-state index contributed by atoms with van der Waals surface area (Å²) in [5.41, 5.74) is 1.99. The van der Waals surface area contributed by atoms with Crippen molar-refractivity contribution in [1.29, 1.82) is 0 Å². The molecule has 1 aromatic carbocycles. The highest BCUT2D eigenvalue weighted by Gasteiger charge is 2.24. The molecule has 0 saturated heterocycles. The smallest absolute Gasteiger partial charge is 0.224 e. The number of nitrogens with one attached hydrogen (secondary N) is 2. The number of hydrogen-bond donors (Lipinski definition) is 2. The Hall–Kier alpha value is -1.37. The number of carbonyl (C=O) groups is 1. The van der Waals surface area contributed by atoms with Crippen LogP contribution in [0.1, 0.15) is 32.8 Å². The molecule has 1 aromatic rings. The van der Waals surface area contributed by atoms with E-state index in [4.69, 9.17) is 9.16 Å². The first-order valence-corrected chi connectivity index (χ1v) is 12.4. The molecule has 0 fully saturated rings. The Balaban J connectivity index is 2.04. The van der Waals surface area contributed by atoms with Crippen LogP contribution in [0.5, 0.6) is 5.75 Å². The lowest BCUT2D eigenvalue weighted by molar-refractivity contribution is -0.116. The molecular formula is C19H32N2O3Si. The number of amides is 1. The van der Waals surface area contributed by atoms with E-state index in [0.29, 0.717) is 13.0 Å². The van der Waals surface area contributed by atoms with Gasteiger partial charge in [-0.25, -0.2) is 0 Å². The monoisotopic (exact) mass is 364 g/mol. The maximum Gasteiger partial charge on any atom is 0.224 e. The maximum absolute atomic E-state index is 11.6. The van der Waals surface area contributed by atoms with Gasteiger partial charge in [-0.2, -0.15) is 0 Å². The van der Waals surface area contributed by atoms with Crippen LogP contribution in [-0.4, -0.2) is 39.0 Å². The Bertz CT molecular complexity index is 606. The molecule has 0 radical (unpaired) electrons. The summed E-state index contributed by atoms with van der Waals surface area (Å²) < 4.78 is 12.4. The van der Waals surface area contributed by atoms with E-state index in [0.717, 1.165) is 30.0 Å². The molecular weight excluding hydrogens is 332 g/mol. The Labute approximate surface area is 152 Å². The van der Waals surface area contributed by atoms with Crippen LogP contribution in [0.3, 0.4) is 0 Å². The second-order valence-electron chi connectivity index (χ2n) is 8.62. The fraction of sp³-hybridized carbons (Fsp3) is 0.632. The zero-order valence-corrected chi connectivity index (χ0v) is 17.4. The minimum atomic E-state index is -1.67. The van der Waals surface area contributed by atoms with Gasteiger partial charge >= 0.3 is 0 Å². The van der Waals surface area contributed by atoms with Crippen molar-refractivity contribution in [3.8, 4) is 5.75 Å². The number of fused-ring (bicyclic) bond motifs is 1. The summed E-state index contributed by atoms with van der Waals surface area (Å²) in [6.45, 7) is 14.3. The highest BCUT2D eigenvalue weighted by molar-refractivity contribution is 6.69. The second-order valence-corrected chi connectivity index (χ2v) is 13.1. The average Bonchev–Trinajstić information content (AvgIpc) is 2.47. The van der Waals surface area contributed by atoms with Crippen LogP contribution in [0.15, 0.2) is 18.2 Å². The van der Waals surface area contributed by atoms with Crippen LogP contribution in [0.25, 0.3) is 0 Å². The molecule has 6 heteroatoms. The van der Waals surface area contributed by atoms with E-state index in [1.807, 2.05) is 18.2 Å². The SMILES string of the molecule is CC(C)(C)NCC(COc1cccc2c1CCC(=O)N2)O[Si](C)(C)C. The predicted octanol–water partition coefficient (Wildman–Crippen LogP) is 3.56. The van der Waals surface area contributed by atoms with E-state index in [9.17, 15) is 4.79 Å². The Morgan fingerprint density at radius 3 is 2.60 bits per heavy atom. The van der Waals surface area contributed by atoms with E-state index in [1.165, 1.54) is 0 Å². The third-order valence-electron chi connectivity index (χ3n) is 3.81. The zero-order chi connectivity index (χ0) is 18.7. The molecule has 0 aliphatic carbocycles. The van der Waals surface area contributed by atoms with Crippen molar-refractivity contribution >= 4 is 19.9 Å². The molecule has 25 heavy (non-hydrogen) atoms. The quantitative estimate of drug-likeness (QED) is 0.726. The van der Waals surface area contributed by atoms with Crippen LogP contribution in [0.4, 0.5) is 5.69 Å². The van der Waals surface area contributed by atoms with Gasteiger partial charge in [0.2, 0.25) is 5.91 Å². The normalized spacial score (nSPS) is 16.2. The number of carbonyl (C=O) groups excluding carboxylic acids is 1. The Kier molecular flexibility index (Phi) is 6.29. The van der Waals surface area contributed by atoms with E-state index >= 15 is 0 Å². The number of benzene rings is 1. The molecule has 0 spiro atoms. The van der Waals surface area contributed by atoms with Crippen molar-refractivity contribution < 1.29 is 14.0 Å². The summed E-state index contributed by atoms with van der Waals surface area (Å²) in [4.78, 5) is 11.6. The summed E-state index contributed by atoms with van der Waals surface area (Å²) in [6, 6.07) is 5.82. The zero-order valence-electron chi connectivity index (χ0n) is 16.4. The number of hydrogen-bond acceptors (Lipinski definition) is 4. The number of anilines is 1. The van der Waals surface area contributed by atoms with Gasteiger partial charge in [0.15, 0.2) is 8.32 Å². The van der Waals surface area contributed by atoms with E-state index in [-0.39, 0.29) is 17.6 Å². The highest BCUT2D eigenvalue weighted by atomic mass is 28.4. The van der Waals surface area contributed by atoms with E-state index in [2.05, 4.69) is 51.0 Å². The third kappa shape index (κ3) is 6.80. The lowest BCUT2D eigenvalue weighted by Crippen LogP contribution is -2.46. The standard InChI is InChI=1S/C19H32N2O3Si/c1-19(2,3)20-12-14(24-25(4,5)6)13-23-17-9-7-8-16-15(17)10-11-18(22)21-16/h7-9,14,20H,10-13H2,1-6H3,(H,21,22). The largest absolute Gasteiger partial charge is 0.491 e. The Morgan fingerprint density at radius 2 is 1.96 bits per heavy atom. The van der Waals surface area contributed by atoms with Gasteiger partial charge in [0.05, 0.1) is 6.10 Å². The van der Waals surface area contributed by atoms with Crippen molar-refractivity contribution in [3.63, 3.8) is 0 Å². The van der Waals surface area contributed by atoms with Crippen LogP contribution in [0, 0.1) is 0 Å². The molecule has 0 saturated carbocycles. The van der Waals surface area contributed by atoms with Gasteiger partial charge in [-0.05, 0) is 59.0 Å². The molecule has 2 rings (SSSR count). The van der Waals surface area contributed by atoms with Crippen molar-refractivity contribution in [2.24, 2.45) is 0 Å². The summed E-state index contributed by atoms with van der Waals surface area (Å²) >= 11 is 0. The molecule has 0 bridgehead atoms. The van der Waals surface area contributed by atoms with Gasteiger partial charge in [-0.3, -0.25) is 4.79 Å². The first-order chi connectivity index (χ1) is 11.5. The topological polar surface area (TPSA) is 59.6 Å². The summed E-state index contributed by atoms with van der Waals surface area (Å²) in [5.74, 6) is 0.913. The lowest BCUT2D eigenvalue weighted by atomic mass is 10.0. The molecule has 0 aromatic heterocycles. The van der Waals surface area contributed by atoms with Crippen LogP contribution >= 0.6 is 0 Å². The molecule has 1 atom stereocenters. The Morgan fingerprint density at radius 1 is 1.24 bits per heavy atom. The van der Waals surface area contributed by atoms with Crippen molar-refractivity contribution in [2.75, 3.05) is 18.5 Å². The molecule has 2 N–H and O–H groups in total. The average molecular weight is 365 g/mol. The minimum absolute atomic E-state index is 0.0000653. The van der Waals surface area contributed by atoms with E-state index < -0.39 is 8.32 Å². The molecule has 1 heterocycles. The lowest BCUT2D eigenvalue weighted by Gasteiger charge is -2.30. The minimum Gasteiger partial charge on any atom is -0.491 e. The fourth-order valence-electron chi connectivity index (χ4n) is 2.76. The first kappa shape index (κ1) is 19.9. The van der Waals surface area contributed by atoms with Gasteiger partial charge in [-0.15, -0.1) is 0 Å². The van der Waals surface area contributed by atoms with Crippen LogP contribution < -0.4 is 15.4 Å². The fourth-order valence-corrected chi connectivity index (χ4v) is 3.92. The van der Waals surface area contributed by atoms with E-state index in [1.54, 1.807) is 0 Å². The van der Waals surface area contributed by atoms with Gasteiger partial charge in [0, 0.05) is 29.8 Å². The van der Waals surface area contributed by atoms with Crippen molar-refractivity contribution in [1.82, 2.24) is 5.32 Å². The van der Waals surface area contributed by atoms with Gasteiger partial charge in [0.25, 0.3) is 0 Å². The number of ether oxygens (including phenoxy) is 1. The van der Waals surface area contributed by atoms with Crippen LogP contribution in [-0.2, 0) is 15.6 Å². The van der Waals surface area contributed by atoms with Crippen molar-refractivity contribution in [2.45, 2.75) is 64.9 Å². The highest BCUT2D eigenvalue weighted by Crippen LogP contribution is 2.31. The summed E-state index contributed by atoms with van der Waals surface area (Å²) in [7, 11) is -1.67. The molecule has 140 valence electrons. The molecule has 1 amide bonds. The van der Waals surface area contributed by atoms with Crippen molar-refractivity contribution in [3.05, 3.63) is 23.8 Å². The molecule has 1 aliphatic rings. The molecule has 5 nitrogen and oxygen atoms in total. The second kappa shape index (κ2) is 7.89. The maximum atomic E-state index is 11.6. The predicted molar refractivity (Wildman–Crippen MR) is 105 cm³/mol. The van der Waals surface area contributed by atoms with Crippen LogP contribution in [0.2, 0.25) is 19.6 Å². The molecule has 1 aliphatic heterocycles. The first-order valence-electron chi connectivity index (χ1n) is 9.01. The van der Waals surface area contributed by atoms with Gasteiger partial charge < -0.3 is 19.8 Å². The summed E-state index contributed by atoms with van der Waals surface area (Å²) in [5, 5.41) is 6.42. The number of rotatable bonds is 7. The third-order valence-corrected chi connectivity index (χ3v) is 4.85. The molecule has 1 unspecified atom stereocenters. The van der Waals surface area contributed by atoms with Gasteiger partial charge in [0.1, 0.15) is 12.4 Å². The van der Waals surface area contributed by atoms with Gasteiger partial charge in [-0.1, -0.05) is 6.07 Å².